The first-order valence-corrected chi connectivity index (χ1v) is 15.5. The number of methoxy groups -OCH3 is 1. The molecule has 1 aromatic carbocycles. The van der Waals surface area contributed by atoms with Crippen molar-refractivity contribution in [1.29, 1.82) is 0 Å². The second-order valence-electron chi connectivity index (χ2n) is 9.81. The first-order chi connectivity index (χ1) is 19.1. The van der Waals surface area contributed by atoms with Crippen LogP contribution < -0.4 is 19.7 Å². The summed E-state index contributed by atoms with van der Waals surface area (Å²) in [5, 5.41) is 6.80. The predicted octanol–water partition coefficient (Wildman–Crippen LogP) is 4.14. The quantitative estimate of drug-likeness (QED) is 0.334. The fourth-order valence-corrected chi connectivity index (χ4v) is 6.91. The van der Waals surface area contributed by atoms with E-state index in [2.05, 4.69) is 15.2 Å². The van der Waals surface area contributed by atoms with Gasteiger partial charge in [0.2, 0.25) is 21.8 Å². The molecule has 2 fully saturated rings. The van der Waals surface area contributed by atoms with E-state index in [4.69, 9.17) is 20.9 Å². The molecule has 0 spiro atoms. The van der Waals surface area contributed by atoms with Gasteiger partial charge in [0, 0.05) is 38.1 Å². The highest BCUT2D eigenvalue weighted by molar-refractivity contribution is 7.89. The van der Waals surface area contributed by atoms with Crippen molar-refractivity contribution in [2.24, 2.45) is 5.92 Å². The molecule has 1 atom stereocenters. The fourth-order valence-electron chi connectivity index (χ4n) is 4.53. The lowest BCUT2D eigenvalue weighted by Gasteiger charge is -2.29. The van der Waals surface area contributed by atoms with Gasteiger partial charge in [-0.05, 0) is 49.8 Å². The van der Waals surface area contributed by atoms with E-state index in [9.17, 15) is 22.4 Å². The van der Waals surface area contributed by atoms with Crippen LogP contribution in [-0.2, 0) is 26.0 Å². The summed E-state index contributed by atoms with van der Waals surface area (Å²) in [5.74, 6) is -1.07. The Balaban J connectivity index is 1.44. The van der Waals surface area contributed by atoms with Gasteiger partial charge in [-0.2, -0.15) is 4.72 Å². The number of ether oxygens (including phenoxy) is 1. The molecule has 1 aliphatic heterocycles. The number of piperidine rings is 1. The van der Waals surface area contributed by atoms with Gasteiger partial charge in [0.15, 0.2) is 11.5 Å². The van der Waals surface area contributed by atoms with Crippen LogP contribution in [0.4, 0.5) is 10.1 Å². The van der Waals surface area contributed by atoms with Crippen LogP contribution in [0.2, 0.25) is 4.34 Å². The lowest BCUT2D eigenvalue weighted by molar-refractivity contribution is -0.122. The SMILES string of the molecule is COc1c(N2CCCCC2=O)cc(F)cc1S(=O)(=O)N[C@@H](Cc1cc(-c2ccc(Cl)s2)on1)C(=O)NCC1CC1. The molecular formula is C26H28ClFN4O6S2. The summed E-state index contributed by atoms with van der Waals surface area (Å²) in [6.07, 6.45) is 3.50. The van der Waals surface area contributed by atoms with Crippen molar-refractivity contribution in [3.8, 4) is 16.4 Å². The Morgan fingerprint density at radius 2 is 2.10 bits per heavy atom. The summed E-state index contributed by atoms with van der Waals surface area (Å²) < 4.78 is 55.9. The summed E-state index contributed by atoms with van der Waals surface area (Å²) >= 11 is 7.30. The summed E-state index contributed by atoms with van der Waals surface area (Å²) in [4.78, 5) is 27.3. The molecule has 5 rings (SSSR count). The first kappa shape index (κ1) is 28.5. The largest absolute Gasteiger partial charge is 0.493 e. The number of rotatable bonds is 11. The van der Waals surface area contributed by atoms with Crippen LogP contribution >= 0.6 is 22.9 Å². The third kappa shape index (κ3) is 6.48. The fraction of sp³-hybridized carbons (Fsp3) is 0.423. The number of carbonyl (C=O) groups excluding carboxylic acids is 2. The molecular weight excluding hydrogens is 583 g/mol. The van der Waals surface area contributed by atoms with Crippen molar-refractivity contribution in [1.82, 2.24) is 15.2 Å². The number of anilines is 1. The third-order valence-electron chi connectivity index (χ3n) is 6.77. The van der Waals surface area contributed by atoms with E-state index >= 15 is 0 Å². The van der Waals surface area contributed by atoms with Gasteiger partial charge < -0.3 is 19.5 Å². The minimum absolute atomic E-state index is 0.0260. The highest BCUT2D eigenvalue weighted by atomic mass is 35.5. The number of hydrogen-bond donors (Lipinski definition) is 2. The van der Waals surface area contributed by atoms with Crippen LogP contribution in [0.1, 0.15) is 37.8 Å². The Kier molecular flexibility index (Phi) is 8.45. The summed E-state index contributed by atoms with van der Waals surface area (Å²) in [5.41, 5.74) is 0.359. The van der Waals surface area contributed by atoms with Gasteiger partial charge >= 0.3 is 0 Å². The Hall–Kier alpha value is -3.00. The average molecular weight is 611 g/mol. The molecule has 40 heavy (non-hydrogen) atoms. The maximum absolute atomic E-state index is 14.8. The van der Waals surface area contributed by atoms with Gasteiger partial charge in [-0.25, -0.2) is 12.8 Å². The lowest BCUT2D eigenvalue weighted by atomic mass is 10.1. The summed E-state index contributed by atoms with van der Waals surface area (Å²) in [7, 11) is -3.27. The second-order valence-corrected chi connectivity index (χ2v) is 13.2. The maximum atomic E-state index is 14.8. The number of halogens is 2. The van der Waals surface area contributed by atoms with Gasteiger partial charge in [0.05, 0.1) is 27.7 Å². The number of sulfonamides is 1. The molecule has 2 aromatic heterocycles. The van der Waals surface area contributed by atoms with Crippen LogP contribution in [0.15, 0.2) is 39.8 Å². The van der Waals surface area contributed by atoms with Crippen LogP contribution in [0.25, 0.3) is 10.6 Å². The molecule has 10 nitrogen and oxygen atoms in total. The van der Waals surface area contributed by atoms with Crippen LogP contribution in [0, 0.1) is 11.7 Å². The van der Waals surface area contributed by atoms with E-state index < -0.39 is 32.7 Å². The topological polar surface area (TPSA) is 131 Å². The number of thiophene rings is 1. The van der Waals surface area contributed by atoms with Gasteiger partial charge in [-0.1, -0.05) is 16.8 Å². The molecule has 14 heteroatoms. The number of hydrogen-bond acceptors (Lipinski definition) is 8. The monoisotopic (exact) mass is 610 g/mol. The van der Waals surface area contributed by atoms with Crippen LogP contribution in [-0.4, -0.2) is 51.6 Å². The zero-order valence-electron chi connectivity index (χ0n) is 21.6. The Morgan fingerprint density at radius 3 is 2.77 bits per heavy atom. The molecule has 214 valence electrons. The van der Waals surface area contributed by atoms with Crippen molar-refractivity contribution in [2.45, 2.75) is 49.5 Å². The van der Waals surface area contributed by atoms with Gasteiger partial charge in [-0.3, -0.25) is 9.59 Å². The van der Waals surface area contributed by atoms with Crippen molar-refractivity contribution >= 4 is 50.5 Å². The van der Waals surface area contributed by atoms with E-state index in [-0.39, 0.29) is 30.2 Å². The number of nitrogens with zero attached hydrogens (tertiary/aromatic N) is 2. The number of nitrogens with one attached hydrogen (secondary N) is 2. The Morgan fingerprint density at radius 1 is 1.30 bits per heavy atom. The van der Waals surface area contributed by atoms with E-state index in [0.717, 1.165) is 29.9 Å². The van der Waals surface area contributed by atoms with E-state index in [1.165, 1.54) is 23.3 Å². The Bertz CT molecular complexity index is 1520. The normalized spacial score (nSPS) is 16.7. The third-order valence-corrected chi connectivity index (χ3v) is 9.49. The maximum Gasteiger partial charge on any atom is 0.245 e. The number of benzene rings is 1. The molecule has 0 bridgehead atoms. The molecule has 1 aliphatic carbocycles. The molecule has 3 heterocycles. The van der Waals surface area contributed by atoms with Gasteiger partial charge in [-0.15, -0.1) is 11.3 Å². The molecule has 3 aromatic rings. The molecule has 2 amide bonds. The summed E-state index contributed by atoms with van der Waals surface area (Å²) in [6.45, 7) is 0.723. The molecule has 2 aliphatic rings. The van der Waals surface area contributed by atoms with Crippen molar-refractivity contribution in [3.05, 3.63) is 46.2 Å². The molecule has 2 N–H and O–H groups in total. The van der Waals surface area contributed by atoms with Crippen LogP contribution in [0.3, 0.4) is 0 Å². The van der Waals surface area contributed by atoms with E-state index in [0.29, 0.717) is 47.6 Å². The van der Waals surface area contributed by atoms with Crippen molar-refractivity contribution in [2.75, 3.05) is 25.1 Å². The Labute approximate surface area is 239 Å². The number of aromatic nitrogens is 1. The predicted molar refractivity (Wildman–Crippen MR) is 148 cm³/mol. The average Bonchev–Trinajstić information content (AvgIpc) is 3.47. The van der Waals surface area contributed by atoms with Crippen molar-refractivity contribution < 1.29 is 31.7 Å². The van der Waals surface area contributed by atoms with Gasteiger partial charge in [0.1, 0.15) is 16.8 Å². The highest BCUT2D eigenvalue weighted by Crippen LogP contribution is 2.38. The zero-order chi connectivity index (χ0) is 28.4. The smallest absolute Gasteiger partial charge is 0.245 e. The van der Waals surface area contributed by atoms with E-state index in [1.807, 2.05) is 0 Å². The molecule has 0 unspecified atom stereocenters. The summed E-state index contributed by atoms with van der Waals surface area (Å²) in [6, 6.07) is 5.69. The molecule has 1 saturated heterocycles. The van der Waals surface area contributed by atoms with E-state index in [1.54, 1.807) is 18.2 Å². The van der Waals surface area contributed by atoms with Crippen LogP contribution in [0.5, 0.6) is 5.75 Å². The lowest BCUT2D eigenvalue weighted by Crippen LogP contribution is -2.48. The molecule has 0 radical (unpaired) electrons. The first-order valence-electron chi connectivity index (χ1n) is 12.8. The molecule has 1 saturated carbocycles. The minimum atomic E-state index is -4.52. The number of carbonyl (C=O) groups is 2. The van der Waals surface area contributed by atoms with Gasteiger partial charge in [0.25, 0.3) is 0 Å². The zero-order valence-corrected chi connectivity index (χ0v) is 24.0. The highest BCUT2D eigenvalue weighted by Gasteiger charge is 2.34. The minimum Gasteiger partial charge on any atom is -0.493 e. The second kappa shape index (κ2) is 11.9. The van der Waals surface area contributed by atoms with Crippen molar-refractivity contribution in [3.63, 3.8) is 0 Å². The standard InChI is InChI=1S/C26H28ClFN4O6S2/c1-37-25-19(32-9-3-2-4-24(32)33)10-16(28)11-22(25)40(35,36)31-18(26(34)29-14-15-5-6-15)12-17-13-20(38-30-17)21-7-8-23(27)39-21/h7-8,10-11,13,15,18,31H,2-6,9,12,14H2,1H3,(H,29,34)/t18-/m0/s1. The number of amides is 2.